The fraction of sp³-hybridized carbons (Fsp3) is 0.429. The summed E-state index contributed by atoms with van der Waals surface area (Å²) in [6.07, 6.45) is 3.25. The Morgan fingerprint density at radius 2 is 2.00 bits per heavy atom. The SMILES string of the molecule is C[C@@H]1CCCCN1Cc1cc(F)cc2c1O[C@H](c1ccccc1)OC2. The number of ether oxygens (including phenoxy) is 2. The molecule has 2 aromatic carbocycles. The maximum Gasteiger partial charge on any atom is 0.227 e. The largest absolute Gasteiger partial charge is 0.460 e. The number of piperidine rings is 1. The van der Waals surface area contributed by atoms with E-state index in [0.29, 0.717) is 12.6 Å². The topological polar surface area (TPSA) is 21.7 Å². The Kier molecular flexibility index (Phi) is 4.73. The van der Waals surface area contributed by atoms with Gasteiger partial charge in [-0.25, -0.2) is 4.39 Å². The molecular weight excluding hydrogens is 317 g/mol. The van der Waals surface area contributed by atoms with Crippen LogP contribution in [0, 0.1) is 5.82 Å². The van der Waals surface area contributed by atoms with Crippen LogP contribution in [0.15, 0.2) is 42.5 Å². The maximum atomic E-state index is 14.1. The van der Waals surface area contributed by atoms with E-state index in [-0.39, 0.29) is 5.82 Å². The molecule has 0 saturated carbocycles. The number of nitrogens with zero attached hydrogens (tertiary/aromatic N) is 1. The van der Waals surface area contributed by atoms with Gasteiger partial charge < -0.3 is 9.47 Å². The van der Waals surface area contributed by atoms with Gasteiger partial charge in [-0.15, -0.1) is 0 Å². The van der Waals surface area contributed by atoms with Crippen molar-refractivity contribution >= 4 is 0 Å². The van der Waals surface area contributed by atoms with Crippen molar-refractivity contribution in [1.82, 2.24) is 4.90 Å². The number of rotatable bonds is 3. The third-order valence-corrected chi connectivity index (χ3v) is 5.21. The minimum Gasteiger partial charge on any atom is -0.460 e. The molecule has 4 rings (SSSR count). The van der Waals surface area contributed by atoms with E-state index in [9.17, 15) is 4.39 Å². The average molecular weight is 341 g/mol. The highest BCUT2D eigenvalue weighted by Gasteiger charge is 2.27. The number of fused-ring (bicyclic) bond motifs is 1. The molecule has 1 fully saturated rings. The van der Waals surface area contributed by atoms with E-state index in [1.165, 1.54) is 25.3 Å². The van der Waals surface area contributed by atoms with Gasteiger partial charge in [0.05, 0.1) is 6.61 Å². The summed E-state index contributed by atoms with van der Waals surface area (Å²) in [5, 5.41) is 0. The molecule has 1 saturated heterocycles. The fourth-order valence-corrected chi connectivity index (χ4v) is 3.78. The van der Waals surface area contributed by atoms with Crippen LogP contribution < -0.4 is 4.74 Å². The number of halogens is 1. The van der Waals surface area contributed by atoms with E-state index in [1.54, 1.807) is 6.07 Å². The zero-order chi connectivity index (χ0) is 17.2. The standard InChI is InChI=1S/C21H24FNO2/c1-15-7-5-6-10-23(15)13-17-11-19(22)12-18-14-24-21(25-20(17)18)16-8-3-2-4-9-16/h2-4,8-9,11-12,15,21H,5-7,10,13-14H2,1H3/t15-,21-/m1/s1. The lowest BCUT2D eigenvalue weighted by atomic mass is 10.0. The van der Waals surface area contributed by atoms with Gasteiger partial charge in [0.15, 0.2) is 0 Å². The van der Waals surface area contributed by atoms with E-state index in [2.05, 4.69) is 11.8 Å². The highest BCUT2D eigenvalue weighted by Crippen LogP contribution is 2.37. The molecule has 25 heavy (non-hydrogen) atoms. The summed E-state index contributed by atoms with van der Waals surface area (Å²) in [7, 11) is 0. The molecule has 2 aliphatic heterocycles. The van der Waals surface area contributed by atoms with Crippen molar-refractivity contribution in [2.24, 2.45) is 0 Å². The highest BCUT2D eigenvalue weighted by molar-refractivity contribution is 5.43. The van der Waals surface area contributed by atoms with Crippen molar-refractivity contribution in [3.05, 3.63) is 65.0 Å². The van der Waals surface area contributed by atoms with Crippen LogP contribution >= 0.6 is 0 Å². The second-order valence-electron chi connectivity index (χ2n) is 7.04. The van der Waals surface area contributed by atoms with Gasteiger partial charge in [0.25, 0.3) is 0 Å². The third kappa shape index (κ3) is 3.55. The molecular formula is C21H24FNO2. The lowest BCUT2D eigenvalue weighted by Crippen LogP contribution is -2.37. The zero-order valence-electron chi connectivity index (χ0n) is 14.6. The van der Waals surface area contributed by atoms with Crippen molar-refractivity contribution < 1.29 is 13.9 Å². The number of hydrogen-bond donors (Lipinski definition) is 0. The lowest BCUT2D eigenvalue weighted by Gasteiger charge is -2.35. The van der Waals surface area contributed by atoms with Gasteiger partial charge in [0, 0.05) is 29.3 Å². The number of hydrogen-bond acceptors (Lipinski definition) is 3. The second kappa shape index (κ2) is 7.14. The summed E-state index contributed by atoms with van der Waals surface area (Å²) in [5.74, 6) is 0.572. The number of benzene rings is 2. The van der Waals surface area contributed by atoms with Gasteiger partial charge in [0.2, 0.25) is 6.29 Å². The van der Waals surface area contributed by atoms with Gasteiger partial charge in [-0.1, -0.05) is 36.8 Å². The monoisotopic (exact) mass is 341 g/mol. The fourth-order valence-electron chi connectivity index (χ4n) is 3.78. The predicted octanol–water partition coefficient (Wildman–Crippen LogP) is 4.81. The van der Waals surface area contributed by atoms with E-state index in [4.69, 9.17) is 9.47 Å². The molecule has 0 aromatic heterocycles. The summed E-state index contributed by atoms with van der Waals surface area (Å²) in [5.41, 5.74) is 2.70. The predicted molar refractivity (Wildman–Crippen MR) is 94.7 cm³/mol. The number of likely N-dealkylation sites (tertiary alicyclic amines) is 1. The van der Waals surface area contributed by atoms with Crippen LogP contribution in [0.5, 0.6) is 5.75 Å². The van der Waals surface area contributed by atoms with Crippen molar-refractivity contribution in [2.75, 3.05) is 6.54 Å². The Hall–Kier alpha value is -1.91. The highest BCUT2D eigenvalue weighted by atomic mass is 19.1. The van der Waals surface area contributed by atoms with Crippen molar-refractivity contribution in [3.8, 4) is 5.75 Å². The van der Waals surface area contributed by atoms with E-state index >= 15 is 0 Å². The van der Waals surface area contributed by atoms with E-state index in [1.807, 2.05) is 30.3 Å². The minimum atomic E-state index is -0.434. The van der Waals surface area contributed by atoms with Crippen LogP contribution in [0.2, 0.25) is 0 Å². The van der Waals surface area contributed by atoms with Gasteiger partial charge in [-0.05, 0) is 38.4 Å². The van der Waals surface area contributed by atoms with Crippen molar-refractivity contribution in [2.45, 2.75) is 51.7 Å². The van der Waals surface area contributed by atoms with Crippen molar-refractivity contribution in [3.63, 3.8) is 0 Å². The summed E-state index contributed by atoms with van der Waals surface area (Å²) in [6, 6.07) is 13.6. The van der Waals surface area contributed by atoms with E-state index in [0.717, 1.165) is 35.5 Å². The van der Waals surface area contributed by atoms with Crippen LogP contribution in [0.1, 0.15) is 49.2 Å². The molecule has 0 unspecified atom stereocenters. The quantitative estimate of drug-likeness (QED) is 0.800. The maximum absolute atomic E-state index is 14.1. The van der Waals surface area contributed by atoms with Crippen LogP contribution in [-0.4, -0.2) is 17.5 Å². The first-order valence-corrected chi connectivity index (χ1v) is 9.09. The Morgan fingerprint density at radius 1 is 1.16 bits per heavy atom. The van der Waals surface area contributed by atoms with Crippen LogP contribution in [0.25, 0.3) is 0 Å². The van der Waals surface area contributed by atoms with Crippen molar-refractivity contribution in [1.29, 1.82) is 0 Å². The first-order chi connectivity index (χ1) is 12.2. The summed E-state index contributed by atoms with van der Waals surface area (Å²) >= 11 is 0. The van der Waals surface area contributed by atoms with Gasteiger partial charge in [-0.3, -0.25) is 4.90 Å². The second-order valence-corrected chi connectivity index (χ2v) is 7.04. The Bertz CT molecular complexity index is 734. The molecule has 2 aliphatic rings. The van der Waals surface area contributed by atoms with Crippen LogP contribution in [-0.2, 0) is 17.9 Å². The molecule has 0 spiro atoms. The van der Waals surface area contributed by atoms with Gasteiger partial charge in [-0.2, -0.15) is 0 Å². The summed E-state index contributed by atoms with van der Waals surface area (Å²) in [6.45, 7) is 4.41. The summed E-state index contributed by atoms with van der Waals surface area (Å²) in [4.78, 5) is 2.43. The molecule has 2 atom stereocenters. The van der Waals surface area contributed by atoms with Crippen LogP contribution in [0.4, 0.5) is 4.39 Å². The average Bonchev–Trinajstić information content (AvgIpc) is 2.64. The molecule has 0 N–H and O–H groups in total. The molecule has 0 radical (unpaired) electrons. The minimum absolute atomic E-state index is 0.219. The molecule has 3 nitrogen and oxygen atoms in total. The molecule has 0 amide bonds. The molecule has 0 bridgehead atoms. The molecule has 4 heteroatoms. The van der Waals surface area contributed by atoms with Crippen LogP contribution in [0.3, 0.4) is 0 Å². The smallest absolute Gasteiger partial charge is 0.227 e. The third-order valence-electron chi connectivity index (χ3n) is 5.21. The van der Waals surface area contributed by atoms with Gasteiger partial charge in [0.1, 0.15) is 11.6 Å². The molecule has 132 valence electrons. The Labute approximate surface area is 148 Å². The molecule has 2 aromatic rings. The van der Waals surface area contributed by atoms with E-state index < -0.39 is 6.29 Å². The normalized spacial score (nSPS) is 23.8. The zero-order valence-corrected chi connectivity index (χ0v) is 14.6. The Balaban J connectivity index is 1.61. The lowest BCUT2D eigenvalue weighted by molar-refractivity contribution is -0.112. The molecule has 0 aliphatic carbocycles. The summed E-state index contributed by atoms with van der Waals surface area (Å²) < 4.78 is 26.1. The Morgan fingerprint density at radius 3 is 2.80 bits per heavy atom. The first kappa shape index (κ1) is 16.6. The molecule has 2 heterocycles. The first-order valence-electron chi connectivity index (χ1n) is 9.09. The van der Waals surface area contributed by atoms with Gasteiger partial charge >= 0.3 is 0 Å².